The third-order valence-corrected chi connectivity index (χ3v) is 2.19. The fraction of sp³-hybridized carbons (Fsp3) is 0.857. The molecule has 0 unspecified atom stereocenters. The second-order valence-corrected chi connectivity index (χ2v) is 3.21. The average molecular weight is 159 g/mol. The van der Waals surface area contributed by atoms with E-state index in [0.717, 1.165) is 0 Å². The van der Waals surface area contributed by atoms with Gasteiger partial charge in [-0.25, -0.2) is 0 Å². The van der Waals surface area contributed by atoms with E-state index in [4.69, 9.17) is 15.9 Å². The van der Waals surface area contributed by atoms with E-state index in [1.807, 2.05) is 0 Å². The van der Waals surface area contributed by atoms with E-state index < -0.39 is 17.6 Å². The molecule has 0 radical (unpaired) electrons. The van der Waals surface area contributed by atoms with Gasteiger partial charge in [0.15, 0.2) is 0 Å². The molecule has 0 aromatic heterocycles. The maximum Gasteiger partial charge on any atom is 0.323 e. The highest BCUT2D eigenvalue weighted by atomic mass is 16.4. The van der Waals surface area contributed by atoms with Gasteiger partial charge >= 0.3 is 5.97 Å². The number of hydrogen-bond acceptors (Lipinski definition) is 3. The van der Waals surface area contributed by atoms with Gasteiger partial charge in [-0.2, -0.15) is 0 Å². The normalized spacial score (nSPS) is 38.5. The molecule has 0 amide bonds. The smallest absolute Gasteiger partial charge is 0.323 e. The van der Waals surface area contributed by atoms with Crippen LogP contribution in [0.3, 0.4) is 0 Å². The molecule has 0 aromatic rings. The minimum atomic E-state index is -1.18. The van der Waals surface area contributed by atoms with Crippen molar-refractivity contribution in [3.63, 3.8) is 0 Å². The lowest BCUT2D eigenvalue weighted by Gasteiger charge is -2.31. The molecule has 4 heteroatoms. The van der Waals surface area contributed by atoms with Crippen molar-refractivity contribution in [1.29, 1.82) is 0 Å². The first kappa shape index (κ1) is 8.49. The molecule has 1 aliphatic rings. The summed E-state index contributed by atoms with van der Waals surface area (Å²) in [7, 11) is 0. The Morgan fingerprint density at radius 3 is 2.64 bits per heavy atom. The van der Waals surface area contributed by atoms with Crippen molar-refractivity contribution in [3.05, 3.63) is 0 Å². The van der Waals surface area contributed by atoms with Crippen LogP contribution in [0.1, 0.15) is 25.7 Å². The zero-order chi connectivity index (χ0) is 8.48. The molecule has 4 N–H and O–H groups in total. The first-order valence-electron chi connectivity index (χ1n) is 3.75. The topological polar surface area (TPSA) is 83.6 Å². The van der Waals surface area contributed by atoms with E-state index in [1.54, 1.807) is 0 Å². The Bertz CT molecular complexity index is 171. The van der Waals surface area contributed by atoms with E-state index in [-0.39, 0.29) is 6.42 Å². The molecule has 1 aliphatic carbocycles. The summed E-state index contributed by atoms with van der Waals surface area (Å²) in [4.78, 5) is 10.6. The van der Waals surface area contributed by atoms with Crippen LogP contribution in [0.25, 0.3) is 0 Å². The Morgan fingerprint density at radius 2 is 2.27 bits per heavy atom. The Balaban J connectivity index is 2.63. The number of hydrogen-bond donors (Lipinski definition) is 3. The van der Waals surface area contributed by atoms with Crippen molar-refractivity contribution in [2.24, 2.45) is 5.73 Å². The zero-order valence-electron chi connectivity index (χ0n) is 6.29. The summed E-state index contributed by atoms with van der Waals surface area (Å²) in [5, 5.41) is 17.8. The van der Waals surface area contributed by atoms with Crippen LogP contribution in [0.2, 0.25) is 0 Å². The van der Waals surface area contributed by atoms with E-state index in [0.29, 0.717) is 19.3 Å². The highest BCUT2D eigenvalue weighted by Crippen LogP contribution is 2.26. The lowest BCUT2D eigenvalue weighted by atomic mass is 9.81. The molecule has 0 aliphatic heterocycles. The fourth-order valence-electron chi connectivity index (χ4n) is 1.47. The predicted octanol–water partition coefficient (Wildman–Crippen LogP) is -0.297. The molecule has 0 heterocycles. The molecule has 0 spiro atoms. The van der Waals surface area contributed by atoms with Crippen molar-refractivity contribution in [2.75, 3.05) is 0 Å². The molecule has 1 rings (SSSR count). The second-order valence-electron chi connectivity index (χ2n) is 3.21. The first-order valence-corrected chi connectivity index (χ1v) is 3.75. The molecule has 4 nitrogen and oxygen atoms in total. The third-order valence-electron chi connectivity index (χ3n) is 2.19. The molecule has 1 saturated carbocycles. The summed E-state index contributed by atoms with van der Waals surface area (Å²) in [6.45, 7) is 0. The summed E-state index contributed by atoms with van der Waals surface area (Å²) < 4.78 is 0. The van der Waals surface area contributed by atoms with Gasteiger partial charge in [-0.05, 0) is 19.3 Å². The van der Waals surface area contributed by atoms with Gasteiger partial charge in [0.1, 0.15) is 5.54 Å². The van der Waals surface area contributed by atoms with Crippen molar-refractivity contribution in [3.8, 4) is 0 Å². The Kier molecular flexibility index (Phi) is 2.15. The molecular weight excluding hydrogens is 146 g/mol. The van der Waals surface area contributed by atoms with Crippen molar-refractivity contribution in [1.82, 2.24) is 0 Å². The fourth-order valence-corrected chi connectivity index (χ4v) is 1.47. The molecule has 2 atom stereocenters. The molecule has 0 saturated heterocycles. The number of nitrogens with two attached hydrogens (primary N) is 1. The van der Waals surface area contributed by atoms with E-state index in [9.17, 15) is 4.79 Å². The monoisotopic (exact) mass is 159 g/mol. The molecular formula is C7H13NO3. The largest absolute Gasteiger partial charge is 0.480 e. The summed E-state index contributed by atoms with van der Waals surface area (Å²) >= 11 is 0. The summed E-state index contributed by atoms with van der Waals surface area (Å²) in [6, 6.07) is 0. The molecule has 0 bridgehead atoms. The summed E-state index contributed by atoms with van der Waals surface area (Å²) in [5.74, 6) is -1.00. The second kappa shape index (κ2) is 2.79. The molecule has 11 heavy (non-hydrogen) atoms. The van der Waals surface area contributed by atoms with Crippen LogP contribution in [0.4, 0.5) is 0 Å². The molecule has 0 aromatic carbocycles. The van der Waals surface area contributed by atoms with Crippen LogP contribution in [-0.2, 0) is 4.79 Å². The van der Waals surface area contributed by atoms with Gasteiger partial charge in [-0.1, -0.05) is 0 Å². The van der Waals surface area contributed by atoms with Crippen LogP contribution in [0.5, 0.6) is 0 Å². The number of carboxylic acids is 1. The number of aliphatic hydroxyl groups is 1. The minimum Gasteiger partial charge on any atom is -0.480 e. The van der Waals surface area contributed by atoms with Gasteiger partial charge in [-0.15, -0.1) is 0 Å². The lowest BCUT2D eigenvalue weighted by molar-refractivity contribution is -0.146. The quantitative estimate of drug-likeness (QED) is 0.490. The van der Waals surface area contributed by atoms with Crippen molar-refractivity contribution in [2.45, 2.75) is 37.3 Å². The Morgan fingerprint density at radius 1 is 1.64 bits per heavy atom. The Hall–Kier alpha value is -0.610. The van der Waals surface area contributed by atoms with E-state index >= 15 is 0 Å². The number of carboxylic acid groups (broad SMARTS) is 1. The molecule has 1 fully saturated rings. The van der Waals surface area contributed by atoms with Crippen LogP contribution in [0.15, 0.2) is 0 Å². The van der Waals surface area contributed by atoms with E-state index in [2.05, 4.69) is 0 Å². The van der Waals surface area contributed by atoms with Crippen LogP contribution >= 0.6 is 0 Å². The number of aliphatic hydroxyl groups excluding tert-OH is 1. The first-order chi connectivity index (χ1) is 5.04. The maximum atomic E-state index is 10.6. The van der Waals surface area contributed by atoms with Gasteiger partial charge in [0.2, 0.25) is 0 Å². The van der Waals surface area contributed by atoms with Gasteiger partial charge in [-0.3, -0.25) is 4.79 Å². The Labute approximate surface area is 65.0 Å². The highest BCUT2D eigenvalue weighted by Gasteiger charge is 2.38. The van der Waals surface area contributed by atoms with Crippen LogP contribution in [0, 0.1) is 0 Å². The SMILES string of the molecule is N[C@]1(C(=O)O)CCC[C@H](O)C1. The van der Waals surface area contributed by atoms with Gasteiger partial charge in [0.05, 0.1) is 6.10 Å². The number of rotatable bonds is 1. The van der Waals surface area contributed by atoms with E-state index in [1.165, 1.54) is 0 Å². The average Bonchev–Trinajstić information content (AvgIpc) is 1.86. The highest BCUT2D eigenvalue weighted by molar-refractivity contribution is 5.78. The predicted molar refractivity (Wildman–Crippen MR) is 39.0 cm³/mol. The standard InChI is InChI=1S/C7H13NO3/c8-7(6(10)11)3-1-2-5(9)4-7/h5,9H,1-4,8H2,(H,10,11)/t5-,7+/m0/s1. The van der Waals surface area contributed by atoms with Crippen LogP contribution < -0.4 is 5.73 Å². The van der Waals surface area contributed by atoms with Gasteiger partial charge in [0.25, 0.3) is 0 Å². The third kappa shape index (κ3) is 1.70. The summed E-state index contributed by atoms with van der Waals surface area (Å²) in [6.07, 6.45) is 1.49. The maximum absolute atomic E-state index is 10.6. The number of aliphatic carboxylic acids is 1. The summed E-state index contributed by atoms with van der Waals surface area (Å²) in [5.41, 5.74) is 4.35. The van der Waals surface area contributed by atoms with Gasteiger partial charge < -0.3 is 15.9 Å². The minimum absolute atomic E-state index is 0.183. The van der Waals surface area contributed by atoms with Crippen LogP contribution in [-0.4, -0.2) is 27.8 Å². The zero-order valence-corrected chi connectivity index (χ0v) is 6.29. The van der Waals surface area contributed by atoms with Crippen molar-refractivity contribution < 1.29 is 15.0 Å². The van der Waals surface area contributed by atoms with Gasteiger partial charge in [0, 0.05) is 6.42 Å². The number of carbonyl (C=O) groups is 1. The molecule has 64 valence electrons. The lowest BCUT2D eigenvalue weighted by Crippen LogP contribution is -2.52. The van der Waals surface area contributed by atoms with Crippen molar-refractivity contribution >= 4 is 5.97 Å².